The average molecular weight is 330 g/mol. The number of carbonyl (C=O) groups is 2. The van der Waals surface area contributed by atoms with E-state index in [1.165, 1.54) is 6.07 Å². The number of nitrogens with zero attached hydrogens (tertiary/aromatic N) is 4. The monoisotopic (exact) mass is 330 g/mol. The molecular weight excluding hydrogens is 308 g/mol. The fraction of sp³-hybridized carbons (Fsp3) is 0.438. The minimum atomic E-state index is -0.537. The van der Waals surface area contributed by atoms with Crippen LogP contribution in [0.2, 0.25) is 0 Å². The molecule has 1 fully saturated rings. The van der Waals surface area contributed by atoms with Gasteiger partial charge in [-0.1, -0.05) is 0 Å². The summed E-state index contributed by atoms with van der Waals surface area (Å²) < 4.78 is 3.46. The molecule has 0 aromatic carbocycles. The fourth-order valence-corrected chi connectivity index (χ4v) is 3.16. The third-order valence-corrected chi connectivity index (χ3v) is 4.40. The average Bonchev–Trinajstić information content (AvgIpc) is 3.13. The molecule has 2 aromatic heterocycles. The first-order valence-corrected chi connectivity index (χ1v) is 7.95. The number of anilines is 1. The van der Waals surface area contributed by atoms with Crippen molar-refractivity contribution in [2.45, 2.75) is 18.9 Å². The van der Waals surface area contributed by atoms with E-state index < -0.39 is 5.91 Å². The largest absolute Gasteiger partial charge is 0.366 e. The summed E-state index contributed by atoms with van der Waals surface area (Å²) in [5, 5.41) is 7.25. The van der Waals surface area contributed by atoms with Gasteiger partial charge < -0.3 is 20.5 Å². The highest BCUT2D eigenvalue weighted by atomic mass is 16.2. The zero-order chi connectivity index (χ0) is 17.3. The molecule has 3 heterocycles. The number of hydrogen-bond donors (Lipinski definition) is 2. The molecule has 3 N–H and O–H groups in total. The Kier molecular flexibility index (Phi) is 4.28. The highest BCUT2D eigenvalue weighted by molar-refractivity contribution is 5.98. The number of carbonyl (C=O) groups excluding carboxylic acids is 2. The van der Waals surface area contributed by atoms with Crippen LogP contribution < -0.4 is 16.0 Å². The van der Waals surface area contributed by atoms with Gasteiger partial charge >= 0.3 is 0 Å². The van der Waals surface area contributed by atoms with Crippen molar-refractivity contribution in [3.05, 3.63) is 35.8 Å². The Morgan fingerprint density at radius 2 is 2.17 bits per heavy atom. The zero-order valence-electron chi connectivity index (χ0n) is 13.9. The van der Waals surface area contributed by atoms with Crippen molar-refractivity contribution in [3.63, 3.8) is 0 Å². The van der Waals surface area contributed by atoms with Gasteiger partial charge in [0.05, 0.1) is 11.8 Å². The topological polar surface area (TPSA) is 98.2 Å². The molecule has 1 atom stereocenters. The third kappa shape index (κ3) is 3.12. The van der Waals surface area contributed by atoms with Gasteiger partial charge in [-0.25, -0.2) is 0 Å². The van der Waals surface area contributed by atoms with Crippen molar-refractivity contribution in [1.29, 1.82) is 0 Å². The quantitative estimate of drug-likeness (QED) is 0.840. The van der Waals surface area contributed by atoms with E-state index in [4.69, 9.17) is 5.73 Å². The first kappa shape index (κ1) is 16.1. The van der Waals surface area contributed by atoms with Crippen LogP contribution in [0.4, 0.5) is 5.82 Å². The lowest BCUT2D eigenvalue weighted by Crippen LogP contribution is -2.48. The van der Waals surface area contributed by atoms with Gasteiger partial charge in [0.25, 0.3) is 5.91 Å². The molecule has 0 aliphatic carbocycles. The van der Waals surface area contributed by atoms with Gasteiger partial charge in [0.2, 0.25) is 5.91 Å². The number of primary amides is 1. The predicted octanol–water partition coefficient (Wildman–Crippen LogP) is 0.256. The Bertz CT molecular complexity index is 762. The van der Waals surface area contributed by atoms with Crippen LogP contribution >= 0.6 is 0 Å². The molecule has 8 nitrogen and oxygen atoms in total. The van der Waals surface area contributed by atoms with Crippen LogP contribution in [0.5, 0.6) is 0 Å². The van der Waals surface area contributed by atoms with Crippen LogP contribution in [0.25, 0.3) is 0 Å². The van der Waals surface area contributed by atoms with E-state index in [0.717, 1.165) is 31.7 Å². The number of amides is 2. The van der Waals surface area contributed by atoms with Crippen molar-refractivity contribution in [3.8, 4) is 0 Å². The molecular formula is C16H22N6O2. The van der Waals surface area contributed by atoms with E-state index in [0.29, 0.717) is 11.3 Å². The number of hydrogen-bond acceptors (Lipinski definition) is 4. The lowest BCUT2D eigenvalue weighted by molar-refractivity contribution is 0.0924. The van der Waals surface area contributed by atoms with Gasteiger partial charge in [0.15, 0.2) is 0 Å². The third-order valence-electron chi connectivity index (χ3n) is 4.40. The van der Waals surface area contributed by atoms with Gasteiger partial charge in [-0.2, -0.15) is 5.10 Å². The second kappa shape index (κ2) is 6.38. The van der Waals surface area contributed by atoms with Crippen molar-refractivity contribution in [2.24, 2.45) is 19.8 Å². The molecule has 0 spiro atoms. The number of nitrogens with one attached hydrogen (secondary N) is 1. The minimum absolute atomic E-state index is 0.0491. The molecule has 128 valence electrons. The highest BCUT2D eigenvalue weighted by Gasteiger charge is 2.24. The number of aryl methyl sites for hydroxylation is 2. The summed E-state index contributed by atoms with van der Waals surface area (Å²) in [6.07, 6.45) is 5.26. The van der Waals surface area contributed by atoms with Gasteiger partial charge in [0.1, 0.15) is 11.5 Å². The Balaban J connectivity index is 1.68. The van der Waals surface area contributed by atoms with Crippen LogP contribution in [0.3, 0.4) is 0 Å². The van der Waals surface area contributed by atoms with Crippen molar-refractivity contribution >= 4 is 17.6 Å². The smallest absolute Gasteiger partial charge is 0.268 e. The molecule has 1 aliphatic rings. The Morgan fingerprint density at radius 3 is 2.79 bits per heavy atom. The van der Waals surface area contributed by atoms with Crippen LogP contribution in [0, 0.1) is 0 Å². The molecule has 8 heteroatoms. The van der Waals surface area contributed by atoms with E-state index in [1.54, 1.807) is 24.0 Å². The second-order valence-electron chi connectivity index (χ2n) is 6.16. The fourth-order valence-electron chi connectivity index (χ4n) is 3.16. The summed E-state index contributed by atoms with van der Waals surface area (Å²) in [7, 11) is 3.64. The van der Waals surface area contributed by atoms with Crippen molar-refractivity contribution in [1.82, 2.24) is 19.7 Å². The second-order valence-corrected chi connectivity index (χ2v) is 6.16. The normalized spacial score (nSPS) is 17.8. The molecule has 3 rings (SSSR count). The molecule has 0 radical (unpaired) electrons. The maximum atomic E-state index is 12.5. The number of aromatic nitrogens is 3. The lowest BCUT2D eigenvalue weighted by atomic mass is 10.1. The summed E-state index contributed by atoms with van der Waals surface area (Å²) in [6.45, 7) is 1.68. The lowest BCUT2D eigenvalue weighted by Gasteiger charge is -2.34. The van der Waals surface area contributed by atoms with Gasteiger partial charge in [-0.3, -0.25) is 14.3 Å². The number of nitrogens with two attached hydrogens (primary N) is 1. The molecule has 1 aliphatic heterocycles. The summed E-state index contributed by atoms with van der Waals surface area (Å²) in [4.78, 5) is 26.0. The van der Waals surface area contributed by atoms with E-state index in [1.807, 2.05) is 17.8 Å². The molecule has 0 saturated carbocycles. The van der Waals surface area contributed by atoms with Crippen LogP contribution in [0.1, 0.15) is 33.7 Å². The SMILES string of the molecule is Cn1cc(C(N)=O)cc1C(=O)NC1CCCN(c2ccnn2C)C1. The predicted molar refractivity (Wildman–Crippen MR) is 89.8 cm³/mol. The Labute approximate surface area is 140 Å². The van der Waals surface area contributed by atoms with Gasteiger partial charge in [-0.05, 0) is 18.9 Å². The van der Waals surface area contributed by atoms with Gasteiger partial charge in [-0.15, -0.1) is 0 Å². The van der Waals surface area contributed by atoms with Crippen LogP contribution in [-0.2, 0) is 14.1 Å². The zero-order valence-corrected chi connectivity index (χ0v) is 13.9. The maximum Gasteiger partial charge on any atom is 0.268 e. The van der Waals surface area contributed by atoms with Crippen LogP contribution in [0.15, 0.2) is 24.5 Å². The first-order chi connectivity index (χ1) is 11.5. The van der Waals surface area contributed by atoms with E-state index in [2.05, 4.69) is 15.3 Å². The first-order valence-electron chi connectivity index (χ1n) is 7.95. The minimum Gasteiger partial charge on any atom is -0.366 e. The summed E-state index contributed by atoms with van der Waals surface area (Å²) in [6, 6.07) is 3.55. The molecule has 2 aromatic rings. The summed E-state index contributed by atoms with van der Waals surface area (Å²) in [5.74, 6) is 0.315. The number of rotatable bonds is 4. The summed E-state index contributed by atoms with van der Waals surface area (Å²) in [5.41, 5.74) is 6.04. The standard InChI is InChI=1S/C16H22N6O2/c1-20-9-11(15(17)23)8-13(20)16(24)19-12-4-3-7-22(10-12)14-5-6-18-21(14)2/h5-6,8-9,12H,3-4,7,10H2,1-2H3,(H2,17,23)(H,19,24). The van der Waals surface area contributed by atoms with E-state index >= 15 is 0 Å². The summed E-state index contributed by atoms with van der Waals surface area (Å²) >= 11 is 0. The molecule has 1 saturated heterocycles. The van der Waals surface area contributed by atoms with Gasteiger partial charge in [0, 0.05) is 45.5 Å². The van der Waals surface area contributed by atoms with Crippen molar-refractivity contribution < 1.29 is 9.59 Å². The van der Waals surface area contributed by atoms with E-state index in [-0.39, 0.29) is 11.9 Å². The number of piperidine rings is 1. The van der Waals surface area contributed by atoms with Crippen molar-refractivity contribution in [2.75, 3.05) is 18.0 Å². The molecule has 2 amide bonds. The van der Waals surface area contributed by atoms with Crippen LogP contribution in [-0.4, -0.2) is 45.3 Å². The Hall–Kier alpha value is -2.77. The molecule has 24 heavy (non-hydrogen) atoms. The molecule has 0 bridgehead atoms. The Morgan fingerprint density at radius 1 is 1.38 bits per heavy atom. The van der Waals surface area contributed by atoms with E-state index in [9.17, 15) is 9.59 Å². The maximum absolute atomic E-state index is 12.5. The highest BCUT2D eigenvalue weighted by Crippen LogP contribution is 2.19. The molecule has 1 unspecified atom stereocenters.